The van der Waals surface area contributed by atoms with Gasteiger partial charge >= 0.3 is 0 Å². The highest BCUT2D eigenvalue weighted by molar-refractivity contribution is 6.30. The molecule has 0 aliphatic carbocycles. The molecule has 0 heterocycles. The van der Waals surface area contributed by atoms with E-state index in [1.165, 1.54) is 11.1 Å². The maximum atomic E-state index is 5.94. The van der Waals surface area contributed by atoms with Crippen LogP contribution in [-0.2, 0) is 6.42 Å². The van der Waals surface area contributed by atoms with Gasteiger partial charge in [0.15, 0.2) is 0 Å². The highest BCUT2D eigenvalue weighted by Crippen LogP contribution is 2.18. The fourth-order valence-corrected chi connectivity index (χ4v) is 1.88. The summed E-state index contributed by atoms with van der Waals surface area (Å²) >= 11 is 5.94. The van der Waals surface area contributed by atoms with Gasteiger partial charge in [-0.05, 0) is 41.8 Å². The first-order valence-electron chi connectivity index (χ1n) is 5.15. The second-order valence-corrected chi connectivity index (χ2v) is 4.09. The number of hydrogen-bond acceptors (Lipinski definition) is 1. The average Bonchev–Trinajstić information content (AvgIpc) is 2.29. The van der Waals surface area contributed by atoms with Gasteiger partial charge in [-0.15, -0.1) is 0 Å². The molecule has 0 radical (unpaired) electrons. The zero-order valence-electron chi connectivity index (χ0n) is 9.11. The van der Waals surface area contributed by atoms with Crippen LogP contribution in [-0.4, -0.2) is 7.11 Å². The van der Waals surface area contributed by atoms with Gasteiger partial charge in [0.05, 0.1) is 7.11 Å². The summed E-state index contributed by atoms with van der Waals surface area (Å²) in [5, 5.41) is 0.778. The van der Waals surface area contributed by atoms with E-state index in [-0.39, 0.29) is 0 Å². The number of halogens is 1. The van der Waals surface area contributed by atoms with Crippen molar-refractivity contribution in [2.24, 2.45) is 0 Å². The first kappa shape index (κ1) is 11.0. The lowest BCUT2D eigenvalue weighted by molar-refractivity contribution is 0.414. The van der Waals surface area contributed by atoms with E-state index in [0.717, 1.165) is 17.2 Å². The van der Waals surface area contributed by atoms with E-state index in [1.807, 2.05) is 36.4 Å². The summed E-state index contributed by atoms with van der Waals surface area (Å²) in [4.78, 5) is 0. The zero-order chi connectivity index (χ0) is 11.4. The molecule has 0 spiro atoms. The number of hydrogen-bond donors (Lipinski definition) is 0. The summed E-state index contributed by atoms with van der Waals surface area (Å²) in [5.74, 6) is 0.888. The quantitative estimate of drug-likeness (QED) is 0.779. The molecule has 2 aromatic rings. The van der Waals surface area contributed by atoms with Crippen molar-refractivity contribution in [3.63, 3.8) is 0 Å². The predicted octanol–water partition coefficient (Wildman–Crippen LogP) is 3.94. The van der Waals surface area contributed by atoms with Crippen LogP contribution >= 0.6 is 11.6 Å². The summed E-state index contributed by atoms with van der Waals surface area (Å²) in [7, 11) is 1.68. The van der Waals surface area contributed by atoms with E-state index >= 15 is 0 Å². The van der Waals surface area contributed by atoms with Crippen molar-refractivity contribution < 1.29 is 4.74 Å². The van der Waals surface area contributed by atoms with Gasteiger partial charge in [-0.25, -0.2) is 0 Å². The normalized spacial score (nSPS) is 10.1. The first-order valence-corrected chi connectivity index (χ1v) is 5.53. The molecule has 0 saturated heterocycles. The summed E-state index contributed by atoms with van der Waals surface area (Å²) in [6, 6.07) is 16.0. The van der Waals surface area contributed by atoms with E-state index in [1.54, 1.807) is 7.11 Å². The number of methoxy groups -OCH3 is 1. The lowest BCUT2D eigenvalue weighted by Gasteiger charge is -2.05. The van der Waals surface area contributed by atoms with Gasteiger partial charge in [0, 0.05) is 5.02 Å². The van der Waals surface area contributed by atoms with Crippen molar-refractivity contribution in [2.45, 2.75) is 6.42 Å². The smallest absolute Gasteiger partial charge is 0.119 e. The Balaban J connectivity index is 2.20. The molecule has 2 aromatic carbocycles. The molecule has 0 aromatic heterocycles. The number of ether oxygens (including phenoxy) is 1. The molecule has 0 saturated carbocycles. The molecule has 82 valence electrons. The largest absolute Gasteiger partial charge is 0.497 e. The van der Waals surface area contributed by atoms with Gasteiger partial charge in [-0.2, -0.15) is 0 Å². The molecule has 0 fully saturated rings. The van der Waals surface area contributed by atoms with Crippen molar-refractivity contribution in [3.05, 3.63) is 64.7 Å². The number of benzene rings is 2. The van der Waals surface area contributed by atoms with Crippen LogP contribution < -0.4 is 4.74 Å². The van der Waals surface area contributed by atoms with Crippen molar-refractivity contribution >= 4 is 11.6 Å². The topological polar surface area (TPSA) is 9.23 Å². The molecule has 2 rings (SSSR count). The maximum absolute atomic E-state index is 5.94. The molecule has 0 unspecified atom stereocenters. The summed E-state index contributed by atoms with van der Waals surface area (Å²) in [6.07, 6.45) is 0.873. The van der Waals surface area contributed by atoms with Crippen LogP contribution in [0.2, 0.25) is 5.02 Å². The van der Waals surface area contributed by atoms with Crippen LogP contribution in [0.15, 0.2) is 48.5 Å². The van der Waals surface area contributed by atoms with Gasteiger partial charge < -0.3 is 4.74 Å². The minimum absolute atomic E-state index is 0.778. The Bertz CT molecular complexity index is 480. The van der Waals surface area contributed by atoms with Crippen molar-refractivity contribution in [1.82, 2.24) is 0 Å². The highest BCUT2D eigenvalue weighted by Gasteiger charge is 1.98. The third kappa shape index (κ3) is 2.77. The second-order valence-electron chi connectivity index (χ2n) is 3.66. The Morgan fingerprint density at radius 2 is 1.69 bits per heavy atom. The third-order valence-corrected chi connectivity index (χ3v) is 2.67. The predicted molar refractivity (Wildman–Crippen MR) is 67.3 cm³/mol. The van der Waals surface area contributed by atoms with Crippen molar-refractivity contribution in [3.8, 4) is 5.75 Å². The minimum Gasteiger partial charge on any atom is -0.497 e. The molecular weight excluding hydrogens is 220 g/mol. The van der Waals surface area contributed by atoms with Gasteiger partial charge in [0.25, 0.3) is 0 Å². The summed E-state index contributed by atoms with van der Waals surface area (Å²) in [5.41, 5.74) is 2.43. The van der Waals surface area contributed by atoms with Crippen LogP contribution in [0.5, 0.6) is 5.75 Å². The van der Waals surface area contributed by atoms with Gasteiger partial charge in [0.1, 0.15) is 5.75 Å². The van der Waals surface area contributed by atoms with E-state index in [4.69, 9.17) is 16.3 Å². The molecule has 0 aliphatic heterocycles. The second kappa shape index (κ2) is 5.04. The van der Waals surface area contributed by atoms with Crippen LogP contribution in [0, 0.1) is 0 Å². The van der Waals surface area contributed by atoms with Crippen molar-refractivity contribution in [1.29, 1.82) is 0 Å². The van der Waals surface area contributed by atoms with E-state index in [9.17, 15) is 0 Å². The Labute approximate surface area is 101 Å². The monoisotopic (exact) mass is 232 g/mol. The molecule has 16 heavy (non-hydrogen) atoms. The van der Waals surface area contributed by atoms with Crippen LogP contribution in [0.4, 0.5) is 0 Å². The zero-order valence-corrected chi connectivity index (χ0v) is 9.87. The van der Waals surface area contributed by atoms with Crippen LogP contribution in [0.1, 0.15) is 11.1 Å². The fourth-order valence-electron chi connectivity index (χ4n) is 1.67. The molecule has 2 heteroatoms. The lowest BCUT2D eigenvalue weighted by Crippen LogP contribution is -1.89. The SMILES string of the molecule is COc1cccc(Cc2cccc(Cl)c2)c1. The summed E-state index contributed by atoms with van der Waals surface area (Å²) < 4.78 is 5.19. The third-order valence-electron chi connectivity index (χ3n) is 2.43. The Morgan fingerprint density at radius 1 is 1.00 bits per heavy atom. The fraction of sp³-hybridized carbons (Fsp3) is 0.143. The summed E-state index contributed by atoms with van der Waals surface area (Å²) in [6.45, 7) is 0. The average molecular weight is 233 g/mol. The van der Waals surface area contributed by atoms with Crippen LogP contribution in [0.3, 0.4) is 0 Å². The Hall–Kier alpha value is -1.47. The standard InChI is InChI=1S/C14H13ClO/c1-16-14-7-3-5-12(10-14)8-11-4-2-6-13(15)9-11/h2-7,9-10H,8H2,1H3. The maximum Gasteiger partial charge on any atom is 0.119 e. The first-order chi connectivity index (χ1) is 7.78. The van der Waals surface area contributed by atoms with Crippen molar-refractivity contribution in [2.75, 3.05) is 7.11 Å². The highest BCUT2D eigenvalue weighted by atomic mass is 35.5. The molecule has 1 nitrogen and oxygen atoms in total. The van der Waals surface area contributed by atoms with Gasteiger partial charge in [-0.3, -0.25) is 0 Å². The molecule has 0 atom stereocenters. The van der Waals surface area contributed by atoms with Gasteiger partial charge in [0.2, 0.25) is 0 Å². The van der Waals surface area contributed by atoms with Gasteiger partial charge in [-0.1, -0.05) is 35.9 Å². The Kier molecular flexibility index (Phi) is 3.47. The minimum atomic E-state index is 0.778. The van der Waals surface area contributed by atoms with E-state index in [0.29, 0.717) is 0 Å². The van der Waals surface area contributed by atoms with E-state index in [2.05, 4.69) is 12.1 Å². The Morgan fingerprint density at radius 3 is 2.38 bits per heavy atom. The van der Waals surface area contributed by atoms with E-state index < -0.39 is 0 Å². The van der Waals surface area contributed by atoms with Crippen LogP contribution in [0.25, 0.3) is 0 Å². The lowest BCUT2D eigenvalue weighted by atomic mass is 10.1. The molecule has 0 amide bonds. The molecule has 0 bridgehead atoms. The molecule has 0 N–H and O–H groups in total. The molecule has 0 aliphatic rings. The number of rotatable bonds is 3. The molecular formula is C14H13ClO.